The summed E-state index contributed by atoms with van der Waals surface area (Å²) in [5.74, 6) is -1.12. The van der Waals surface area contributed by atoms with Gasteiger partial charge in [-0.3, -0.25) is 4.99 Å². The first-order valence-electron chi connectivity index (χ1n) is 10.8. The summed E-state index contributed by atoms with van der Waals surface area (Å²) in [7, 11) is 0. The van der Waals surface area contributed by atoms with Crippen LogP contribution >= 0.6 is 11.6 Å². The summed E-state index contributed by atoms with van der Waals surface area (Å²) >= 11 is 6.01. The Morgan fingerprint density at radius 2 is 1.71 bits per heavy atom. The van der Waals surface area contributed by atoms with E-state index in [-0.39, 0.29) is 28.8 Å². The number of halogens is 3. The van der Waals surface area contributed by atoms with Crippen LogP contribution in [0.2, 0.25) is 5.02 Å². The Balaban J connectivity index is 1.66. The molecule has 2 aliphatic rings. The third kappa shape index (κ3) is 5.10. The molecule has 180 valence electrons. The van der Waals surface area contributed by atoms with E-state index < -0.39 is 11.6 Å². The van der Waals surface area contributed by atoms with Crippen molar-refractivity contribution in [2.75, 3.05) is 39.4 Å². The van der Waals surface area contributed by atoms with E-state index in [1.807, 2.05) is 0 Å². The molecule has 0 spiro atoms. The molecule has 2 aromatic carbocycles. The number of hydrogen-bond donors (Lipinski definition) is 2. The van der Waals surface area contributed by atoms with Crippen molar-refractivity contribution >= 4 is 29.0 Å². The van der Waals surface area contributed by atoms with Gasteiger partial charge in [-0.05, 0) is 34.5 Å². The zero-order valence-electron chi connectivity index (χ0n) is 18.4. The van der Waals surface area contributed by atoms with E-state index in [2.05, 4.69) is 4.99 Å². The van der Waals surface area contributed by atoms with E-state index in [4.69, 9.17) is 27.8 Å². The molecular formula is C24H25ClF2N5O2-. The summed E-state index contributed by atoms with van der Waals surface area (Å²) in [6, 6.07) is 8.98. The molecule has 10 heteroatoms. The van der Waals surface area contributed by atoms with Gasteiger partial charge in [-0.15, -0.1) is 0 Å². The molecule has 34 heavy (non-hydrogen) atoms. The molecule has 0 unspecified atom stereocenters. The molecule has 0 radical (unpaired) electrons. The van der Waals surface area contributed by atoms with Crippen LogP contribution in [0.15, 0.2) is 53.2 Å². The van der Waals surface area contributed by atoms with Crippen LogP contribution < -0.4 is 27.0 Å². The SMILES string of the molecule is NC1=NCCN(Cc2c(F)ccc(F)c2Cl)C1=CC(N)=c1ccc(=C([O-])N2CCOCC2)cc1. The standard InChI is InChI=1S/C24H26ClF2N5O2/c25-22-17(18(26)5-6-19(22)27)14-32-8-7-30-23(29)21(32)13-20(28)15-1-3-16(4-2-15)24(33)31-9-11-34-12-10-31/h1-6,13,33H,7-12,14,28H2,(H2,29,30)/p-1. The van der Waals surface area contributed by atoms with Crippen LogP contribution in [0, 0.1) is 11.6 Å². The lowest BCUT2D eigenvalue weighted by molar-refractivity contribution is -0.275. The Morgan fingerprint density at radius 1 is 1.06 bits per heavy atom. The number of aliphatic imine (C=N–C) groups is 1. The van der Waals surface area contributed by atoms with Crippen molar-refractivity contribution in [2.45, 2.75) is 6.54 Å². The number of ether oxygens (including phenoxy) is 1. The molecule has 0 amide bonds. The molecule has 0 aliphatic carbocycles. The van der Waals surface area contributed by atoms with Gasteiger partial charge in [0, 0.05) is 37.4 Å². The number of morpholine rings is 1. The summed E-state index contributed by atoms with van der Waals surface area (Å²) in [6.07, 6.45) is 1.64. The lowest BCUT2D eigenvalue weighted by Crippen LogP contribution is -2.41. The van der Waals surface area contributed by atoms with Gasteiger partial charge in [-0.25, -0.2) is 8.78 Å². The van der Waals surface area contributed by atoms with Crippen LogP contribution in [0.4, 0.5) is 8.78 Å². The second-order valence-electron chi connectivity index (χ2n) is 7.98. The fourth-order valence-corrected chi connectivity index (χ4v) is 4.09. The van der Waals surface area contributed by atoms with Gasteiger partial charge in [-0.1, -0.05) is 35.9 Å². The van der Waals surface area contributed by atoms with E-state index in [9.17, 15) is 13.9 Å². The summed E-state index contributed by atoms with van der Waals surface area (Å²) in [5, 5.41) is 13.6. The van der Waals surface area contributed by atoms with Crippen molar-refractivity contribution in [3.63, 3.8) is 0 Å². The zero-order chi connectivity index (χ0) is 24.2. The minimum Gasteiger partial charge on any atom is -0.860 e. The largest absolute Gasteiger partial charge is 0.860 e. The quantitative estimate of drug-likeness (QED) is 0.596. The van der Waals surface area contributed by atoms with Crippen LogP contribution in [-0.4, -0.2) is 55.0 Å². The van der Waals surface area contributed by atoms with Crippen molar-refractivity contribution in [1.82, 2.24) is 9.80 Å². The maximum Gasteiger partial charge on any atom is 0.142 e. The van der Waals surface area contributed by atoms with Crippen molar-refractivity contribution in [3.8, 4) is 0 Å². The summed E-state index contributed by atoms with van der Waals surface area (Å²) in [6.45, 7) is 3.01. The third-order valence-electron chi connectivity index (χ3n) is 5.80. The molecule has 4 N–H and O–H groups in total. The molecule has 2 heterocycles. The minimum atomic E-state index is -0.694. The van der Waals surface area contributed by atoms with Crippen LogP contribution in [0.25, 0.3) is 11.6 Å². The molecule has 7 nitrogen and oxygen atoms in total. The Labute approximate surface area is 200 Å². The number of amidine groups is 1. The number of nitrogens with two attached hydrogens (primary N) is 2. The topological polar surface area (TPSA) is 103 Å². The first-order chi connectivity index (χ1) is 16.3. The van der Waals surface area contributed by atoms with Crippen molar-refractivity contribution in [3.05, 3.63) is 80.8 Å². The molecule has 2 aromatic rings. The van der Waals surface area contributed by atoms with E-state index in [1.54, 1.807) is 40.1 Å². The van der Waals surface area contributed by atoms with Crippen LogP contribution in [0.5, 0.6) is 0 Å². The zero-order valence-corrected chi connectivity index (χ0v) is 19.2. The molecule has 1 saturated heterocycles. The number of benzene rings is 2. The normalized spacial score (nSPS) is 17.6. The molecule has 2 aliphatic heterocycles. The number of rotatable bonds is 4. The highest BCUT2D eigenvalue weighted by molar-refractivity contribution is 6.31. The fraction of sp³-hybridized carbons (Fsp3) is 0.292. The molecule has 4 rings (SSSR count). The first kappa shape index (κ1) is 23.8. The summed E-state index contributed by atoms with van der Waals surface area (Å²) in [5.41, 5.74) is 13.3. The van der Waals surface area contributed by atoms with Crippen LogP contribution in [0.1, 0.15) is 5.56 Å². The van der Waals surface area contributed by atoms with Gasteiger partial charge in [0.05, 0.1) is 30.5 Å². The van der Waals surface area contributed by atoms with Gasteiger partial charge in [0.15, 0.2) is 0 Å². The van der Waals surface area contributed by atoms with Crippen molar-refractivity contribution < 1.29 is 18.6 Å². The average molecular weight is 489 g/mol. The van der Waals surface area contributed by atoms with E-state index in [0.717, 1.165) is 12.1 Å². The maximum absolute atomic E-state index is 14.3. The second-order valence-corrected chi connectivity index (χ2v) is 8.36. The van der Waals surface area contributed by atoms with Gasteiger partial charge < -0.3 is 31.1 Å². The Bertz CT molecular complexity index is 1240. The van der Waals surface area contributed by atoms with Gasteiger partial charge >= 0.3 is 0 Å². The maximum atomic E-state index is 14.3. The van der Waals surface area contributed by atoms with E-state index >= 15 is 0 Å². The minimum absolute atomic E-state index is 0.00471. The van der Waals surface area contributed by atoms with Crippen molar-refractivity contribution in [1.29, 1.82) is 0 Å². The molecule has 1 fully saturated rings. The molecule has 0 aromatic heterocycles. The average Bonchev–Trinajstić information content (AvgIpc) is 2.86. The van der Waals surface area contributed by atoms with Crippen molar-refractivity contribution in [2.24, 2.45) is 16.5 Å². The number of hydrogen-bond acceptors (Lipinski definition) is 7. The van der Waals surface area contributed by atoms with Gasteiger partial charge in [0.25, 0.3) is 0 Å². The molecule has 0 atom stereocenters. The van der Waals surface area contributed by atoms with Gasteiger partial charge in [0.2, 0.25) is 0 Å². The highest BCUT2D eigenvalue weighted by atomic mass is 35.5. The highest BCUT2D eigenvalue weighted by Gasteiger charge is 2.22. The van der Waals surface area contributed by atoms with E-state index in [0.29, 0.717) is 61.2 Å². The fourth-order valence-electron chi connectivity index (χ4n) is 3.87. The second kappa shape index (κ2) is 10.3. The summed E-state index contributed by atoms with van der Waals surface area (Å²) < 4.78 is 33.5. The number of nitrogens with zero attached hydrogens (tertiary/aromatic N) is 3. The Kier molecular flexibility index (Phi) is 7.23. The van der Waals surface area contributed by atoms with E-state index in [1.165, 1.54) is 0 Å². The van der Waals surface area contributed by atoms with Gasteiger partial charge in [0.1, 0.15) is 17.5 Å². The van der Waals surface area contributed by atoms with Crippen LogP contribution in [0.3, 0.4) is 0 Å². The smallest absolute Gasteiger partial charge is 0.142 e. The Hall–Kier alpha value is -3.30. The predicted molar refractivity (Wildman–Crippen MR) is 125 cm³/mol. The summed E-state index contributed by atoms with van der Waals surface area (Å²) in [4.78, 5) is 7.77. The highest BCUT2D eigenvalue weighted by Crippen LogP contribution is 2.26. The predicted octanol–water partition coefficient (Wildman–Crippen LogP) is 0.200. The molecular weight excluding hydrogens is 464 g/mol. The van der Waals surface area contributed by atoms with Crippen LogP contribution in [-0.2, 0) is 11.3 Å². The lowest BCUT2D eigenvalue weighted by Gasteiger charge is -2.34. The third-order valence-corrected chi connectivity index (χ3v) is 6.21. The monoisotopic (exact) mass is 488 g/mol. The lowest BCUT2D eigenvalue weighted by atomic mass is 10.1. The first-order valence-corrected chi connectivity index (χ1v) is 11.2. The van der Waals surface area contributed by atoms with Gasteiger partial charge in [-0.2, -0.15) is 0 Å². The molecule has 0 saturated carbocycles. The molecule has 0 bridgehead atoms. The Morgan fingerprint density at radius 3 is 2.41 bits per heavy atom.